The zero-order valence-electron chi connectivity index (χ0n) is 17.4. The van der Waals surface area contributed by atoms with Crippen LogP contribution in [0.15, 0.2) is 54.9 Å². The van der Waals surface area contributed by atoms with Crippen molar-refractivity contribution in [1.82, 2.24) is 9.88 Å². The zero-order chi connectivity index (χ0) is 20.8. The van der Waals surface area contributed by atoms with Gasteiger partial charge >= 0.3 is 7.12 Å². The molecule has 1 fully saturated rings. The quantitative estimate of drug-likeness (QED) is 0.366. The number of nitrogens with zero attached hydrogens (tertiary/aromatic N) is 1. The van der Waals surface area contributed by atoms with Crippen LogP contribution in [-0.4, -0.2) is 47.2 Å². The van der Waals surface area contributed by atoms with Gasteiger partial charge in [-0.2, -0.15) is 0 Å². The van der Waals surface area contributed by atoms with E-state index in [1.165, 1.54) is 24.0 Å². The van der Waals surface area contributed by atoms with Crippen molar-refractivity contribution in [2.24, 2.45) is 0 Å². The number of allylic oxidation sites excluding steroid dienone is 2. The van der Waals surface area contributed by atoms with Gasteiger partial charge in [0.25, 0.3) is 0 Å². The highest BCUT2D eigenvalue weighted by atomic mass is 16.5. The smallest absolute Gasteiger partial charge is 0.488 e. The summed E-state index contributed by atoms with van der Waals surface area (Å²) in [5.74, 6) is 0.649. The van der Waals surface area contributed by atoms with E-state index in [-0.39, 0.29) is 0 Å². The Morgan fingerprint density at radius 3 is 2.72 bits per heavy atom. The molecule has 0 bridgehead atoms. The minimum Gasteiger partial charge on any atom is -0.497 e. The van der Waals surface area contributed by atoms with Crippen LogP contribution in [-0.2, 0) is 11.2 Å². The molecule has 0 aliphatic carbocycles. The van der Waals surface area contributed by atoms with E-state index < -0.39 is 7.12 Å². The largest absolute Gasteiger partial charge is 0.497 e. The van der Waals surface area contributed by atoms with Crippen molar-refractivity contribution >= 4 is 18.2 Å². The Balaban J connectivity index is 1.70. The van der Waals surface area contributed by atoms with Crippen LogP contribution in [0.25, 0.3) is 5.57 Å². The fourth-order valence-corrected chi connectivity index (χ4v) is 4.14. The lowest BCUT2D eigenvalue weighted by Gasteiger charge is -2.36. The summed E-state index contributed by atoms with van der Waals surface area (Å²) < 4.78 is 5.18. The lowest BCUT2D eigenvalue weighted by molar-refractivity contribution is 0.150. The van der Waals surface area contributed by atoms with Gasteiger partial charge in [-0.3, -0.25) is 4.90 Å². The molecule has 1 unspecified atom stereocenters. The van der Waals surface area contributed by atoms with Crippen LogP contribution < -0.4 is 5.46 Å². The zero-order valence-corrected chi connectivity index (χ0v) is 17.4. The molecule has 0 amide bonds. The highest BCUT2D eigenvalue weighted by molar-refractivity contribution is 6.58. The van der Waals surface area contributed by atoms with Crippen molar-refractivity contribution < 1.29 is 14.8 Å². The first-order valence-corrected chi connectivity index (χ1v) is 10.3. The molecule has 2 heterocycles. The molecule has 154 valence electrons. The average Bonchev–Trinajstić information content (AvgIpc) is 3.21. The molecule has 1 aromatic heterocycles. The molecule has 5 nitrogen and oxygen atoms in total. The number of rotatable bonds is 8. The lowest BCUT2D eigenvalue weighted by Crippen LogP contribution is -2.35. The van der Waals surface area contributed by atoms with Gasteiger partial charge < -0.3 is 19.8 Å². The van der Waals surface area contributed by atoms with Crippen molar-refractivity contribution in [3.63, 3.8) is 0 Å². The number of aromatic nitrogens is 1. The number of benzene rings is 1. The van der Waals surface area contributed by atoms with Gasteiger partial charge in [0.15, 0.2) is 0 Å². The summed E-state index contributed by atoms with van der Waals surface area (Å²) >= 11 is 0. The normalized spacial score (nSPS) is 17.9. The van der Waals surface area contributed by atoms with Crippen LogP contribution in [0.1, 0.15) is 49.0 Å². The number of H-pyrrole nitrogens is 1. The Kier molecular flexibility index (Phi) is 7.37. The number of piperidine rings is 1. The fourth-order valence-electron chi connectivity index (χ4n) is 4.14. The summed E-state index contributed by atoms with van der Waals surface area (Å²) in [6.45, 7) is 8.02. The molecule has 6 heteroatoms. The molecule has 1 aliphatic heterocycles. The molecule has 1 saturated heterocycles. The minimum absolute atomic E-state index is 0.376. The lowest BCUT2D eigenvalue weighted by atomic mass is 9.79. The van der Waals surface area contributed by atoms with E-state index in [1.54, 1.807) is 7.11 Å². The number of hydrogen-bond acceptors (Lipinski definition) is 4. The van der Waals surface area contributed by atoms with E-state index in [0.29, 0.717) is 17.3 Å². The van der Waals surface area contributed by atoms with E-state index >= 15 is 0 Å². The molecule has 1 aliphatic rings. The third-order valence-corrected chi connectivity index (χ3v) is 5.77. The topological polar surface area (TPSA) is 68.7 Å². The van der Waals surface area contributed by atoms with Gasteiger partial charge in [-0.1, -0.05) is 37.3 Å². The number of methoxy groups -OCH3 is 1. The first-order chi connectivity index (χ1) is 14.0. The summed E-state index contributed by atoms with van der Waals surface area (Å²) in [5.41, 5.74) is 5.33. The van der Waals surface area contributed by atoms with Crippen LogP contribution in [0, 0.1) is 0 Å². The molecule has 3 N–H and O–H groups in total. The molecule has 1 aromatic carbocycles. The monoisotopic (exact) mass is 394 g/mol. The average molecular weight is 394 g/mol. The van der Waals surface area contributed by atoms with Crippen LogP contribution in [0.4, 0.5) is 0 Å². The minimum atomic E-state index is -1.41. The van der Waals surface area contributed by atoms with E-state index in [1.807, 2.05) is 36.5 Å². The summed E-state index contributed by atoms with van der Waals surface area (Å²) in [6.07, 6.45) is 8.49. The van der Waals surface area contributed by atoms with Crippen molar-refractivity contribution in [3.05, 3.63) is 71.8 Å². The van der Waals surface area contributed by atoms with Crippen molar-refractivity contribution in [1.29, 1.82) is 0 Å². The SMILES string of the molecule is C=C(/C=C(/C)c1[nH]ccc1CCN1CCCCC1c1ccc(B(O)O)cc1)OC. The second-order valence-corrected chi connectivity index (χ2v) is 7.71. The Morgan fingerprint density at radius 1 is 1.28 bits per heavy atom. The number of ether oxygens (including phenoxy) is 1. The predicted octanol–water partition coefficient (Wildman–Crippen LogP) is 3.03. The Morgan fingerprint density at radius 2 is 2.03 bits per heavy atom. The molecular weight excluding hydrogens is 363 g/mol. The van der Waals surface area contributed by atoms with Gasteiger partial charge in [0, 0.05) is 24.5 Å². The van der Waals surface area contributed by atoms with E-state index in [0.717, 1.165) is 37.2 Å². The Hall–Kier alpha value is -2.28. The van der Waals surface area contributed by atoms with Crippen molar-refractivity contribution in [2.45, 2.75) is 38.6 Å². The highest BCUT2D eigenvalue weighted by Gasteiger charge is 2.24. The van der Waals surface area contributed by atoms with E-state index in [9.17, 15) is 10.0 Å². The second kappa shape index (κ2) is 9.97. The maximum Gasteiger partial charge on any atom is 0.488 e. The van der Waals surface area contributed by atoms with Gasteiger partial charge in [0.1, 0.15) is 5.76 Å². The molecule has 3 rings (SSSR count). The van der Waals surface area contributed by atoms with Gasteiger partial charge in [0.05, 0.1) is 7.11 Å². The number of aromatic amines is 1. The van der Waals surface area contributed by atoms with Gasteiger partial charge in [-0.05, 0) is 67.0 Å². The fraction of sp³-hybridized carbons (Fsp3) is 0.391. The summed E-state index contributed by atoms with van der Waals surface area (Å²) in [6, 6.07) is 10.2. The molecule has 1 atom stereocenters. The van der Waals surface area contributed by atoms with Crippen LogP contribution in [0.5, 0.6) is 0 Å². The first-order valence-electron chi connectivity index (χ1n) is 10.3. The maximum absolute atomic E-state index is 9.33. The Bertz CT molecular complexity index is 842. The highest BCUT2D eigenvalue weighted by Crippen LogP contribution is 2.31. The second-order valence-electron chi connectivity index (χ2n) is 7.71. The molecule has 0 spiro atoms. The van der Waals surface area contributed by atoms with Crippen LogP contribution in [0.2, 0.25) is 0 Å². The number of nitrogens with one attached hydrogen (secondary N) is 1. The van der Waals surface area contributed by atoms with Crippen molar-refractivity contribution in [3.8, 4) is 0 Å². The summed E-state index contributed by atoms with van der Waals surface area (Å²) in [4.78, 5) is 5.90. The molecule has 29 heavy (non-hydrogen) atoms. The third kappa shape index (κ3) is 5.41. The van der Waals surface area contributed by atoms with Gasteiger partial charge in [0.2, 0.25) is 0 Å². The van der Waals surface area contributed by atoms with E-state index in [2.05, 4.69) is 29.5 Å². The van der Waals surface area contributed by atoms with Crippen molar-refractivity contribution in [2.75, 3.05) is 20.2 Å². The standard InChI is InChI=1S/C23H31BN2O3/c1-17(16-18(2)29-3)23-20(11-13-25-23)12-15-26-14-5-4-6-22(26)19-7-9-21(10-8-19)24(27)28/h7-11,13,16,22,25,27-28H,2,4-6,12,14-15H2,1,3H3/b17-16-. The first kappa shape index (κ1) is 21.4. The molecule has 2 aromatic rings. The summed E-state index contributed by atoms with van der Waals surface area (Å²) in [5, 5.41) is 18.7. The maximum atomic E-state index is 9.33. The van der Waals surface area contributed by atoms with Crippen LogP contribution in [0.3, 0.4) is 0 Å². The number of hydrogen-bond donors (Lipinski definition) is 3. The third-order valence-electron chi connectivity index (χ3n) is 5.77. The Labute approximate surface area is 173 Å². The van der Waals surface area contributed by atoms with Gasteiger partial charge in [-0.15, -0.1) is 0 Å². The summed E-state index contributed by atoms with van der Waals surface area (Å²) in [7, 11) is 0.218. The molecular formula is C23H31BN2O3. The predicted molar refractivity (Wildman–Crippen MR) is 119 cm³/mol. The van der Waals surface area contributed by atoms with E-state index in [4.69, 9.17) is 4.74 Å². The molecule has 0 saturated carbocycles. The molecule has 0 radical (unpaired) electrons. The van der Waals surface area contributed by atoms with Crippen LogP contribution >= 0.6 is 0 Å². The van der Waals surface area contributed by atoms with Gasteiger partial charge in [-0.25, -0.2) is 0 Å². The number of likely N-dealkylation sites (tertiary alicyclic amines) is 1.